The maximum Gasteiger partial charge on any atom is 0.394 e. The quantitative estimate of drug-likeness (QED) is 0.285. The molecule has 0 saturated carbocycles. The van der Waals surface area contributed by atoms with Gasteiger partial charge in [0.25, 0.3) is 0 Å². The number of methoxy groups -OCH3 is 1. The molecule has 0 aliphatic carbocycles. The lowest BCUT2D eigenvalue weighted by Gasteiger charge is -2.18. The summed E-state index contributed by atoms with van der Waals surface area (Å²) in [7, 11) is -3.45. The average Bonchev–Trinajstić information content (AvgIpc) is 2.52. The zero-order valence-corrected chi connectivity index (χ0v) is 14.5. The van der Waals surface area contributed by atoms with Gasteiger partial charge in [-0.05, 0) is 5.56 Å². The molecule has 0 spiro atoms. The fraction of sp³-hybridized carbons (Fsp3) is 0.357. The number of carboxylic acid groups (broad SMARTS) is 1. The molecule has 0 heterocycles. The maximum atomic E-state index is 11.8. The van der Waals surface area contributed by atoms with Gasteiger partial charge in [0.15, 0.2) is 0 Å². The zero-order chi connectivity index (χ0) is 20.3. The molecule has 0 saturated heterocycles. The van der Waals surface area contributed by atoms with Crippen molar-refractivity contribution in [3.63, 3.8) is 0 Å². The number of hydrogen-bond acceptors (Lipinski definition) is 7. The first-order chi connectivity index (χ1) is 11.9. The highest BCUT2D eigenvalue weighted by Gasteiger charge is 2.25. The molecular formula is C14H20N2O9S. The lowest BCUT2D eigenvalue weighted by molar-refractivity contribution is -0.145. The van der Waals surface area contributed by atoms with Gasteiger partial charge in [-0.3, -0.25) is 18.7 Å². The van der Waals surface area contributed by atoms with Crippen LogP contribution in [0.4, 0.5) is 0 Å². The molecular weight excluding hydrogens is 372 g/mol. The lowest BCUT2D eigenvalue weighted by atomic mass is 10.1. The molecule has 6 N–H and O–H groups in total. The molecule has 11 nitrogen and oxygen atoms in total. The van der Waals surface area contributed by atoms with Crippen molar-refractivity contribution in [2.75, 3.05) is 7.11 Å². The Hall–Kier alpha value is -2.54. The Morgan fingerprint density at radius 3 is 2.12 bits per heavy atom. The predicted molar refractivity (Wildman–Crippen MR) is 88.5 cm³/mol. The van der Waals surface area contributed by atoms with Gasteiger partial charge >= 0.3 is 22.3 Å². The molecule has 0 bridgehead atoms. The van der Waals surface area contributed by atoms with Crippen LogP contribution in [-0.2, 0) is 35.9 Å². The fourth-order valence-electron chi connectivity index (χ4n) is 1.74. The van der Waals surface area contributed by atoms with Crippen LogP contribution in [0.3, 0.4) is 0 Å². The molecule has 1 aromatic rings. The highest BCUT2D eigenvalue weighted by atomic mass is 32.3. The van der Waals surface area contributed by atoms with Crippen molar-refractivity contribution in [1.82, 2.24) is 5.32 Å². The second-order valence-corrected chi connectivity index (χ2v) is 5.82. The van der Waals surface area contributed by atoms with Crippen molar-refractivity contribution < 1.29 is 41.8 Å². The summed E-state index contributed by atoms with van der Waals surface area (Å²) in [6.07, 6.45) is -0.274. The number of nitrogens with one attached hydrogen (secondary N) is 1. The molecule has 2 atom stereocenters. The number of carboxylic acids is 1. The van der Waals surface area contributed by atoms with Crippen LogP contribution in [0.25, 0.3) is 0 Å². The summed E-state index contributed by atoms with van der Waals surface area (Å²) in [5.74, 6) is -2.51. The minimum atomic E-state index is -4.67. The van der Waals surface area contributed by atoms with E-state index in [0.717, 1.165) is 5.56 Å². The van der Waals surface area contributed by atoms with Crippen LogP contribution in [0.15, 0.2) is 30.3 Å². The van der Waals surface area contributed by atoms with Gasteiger partial charge in [0.1, 0.15) is 6.04 Å². The summed E-state index contributed by atoms with van der Waals surface area (Å²) in [6.45, 7) is 0. The van der Waals surface area contributed by atoms with E-state index in [0.29, 0.717) is 0 Å². The Morgan fingerprint density at radius 1 is 1.19 bits per heavy atom. The van der Waals surface area contributed by atoms with Crippen molar-refractivity contribution in [1.29, 1.82) is 0 Å². The summed E-state index contributed by atoms with van der Waals surface area (Å²) in [5.41, 5.74) is 6.29. The van der Waals surface area contributed by atoms with Crippen LogP contribution < -0.4 is 11.1 Å². The number of carbonyl (C=O) groups excluding carboxylic acids is 2. The molecule has 146 valence electrons. The summed E-state index contributed by atoms with van der Waals surface area (Å²) < 4.78 is 36.2. The number of carbonyl (C=O) groups is 3. The van der Waals surface area contributed by atoms with Crippen molar-refractivity contribution in [2.45, 2.75) is 24.9 Å². The van der Waals surface area contributed by atoms with E-state index in [-0.39, 0.29) is 6.42 Å². The van der Waals surface area contributed by atoms with E-state index in [1.54, 1.807) is 12.1 Å². The number of benzene rings is 1. The second kappa shape index (κ2) is 11.1. The minimum absolute atomic E-state index is 0.235. The summed E-state index contributed by atoms with van der Waals surface area (Å²) in [6, 6.07) is 6.93. The molecule has 0 aliphatic heterocycles. The van der Waals surface area contributed by atoms with Crippen LogP contribution in [-0.4, -0.2) is 59.7 Å². The molecule has 26 heavy (non-hydrogen) atoms. The summed E-state index contributed by atoms with van der Waals surface area (Å²) >= 11 is 0. The summed E-state index contributed by atoms with van der Waals surface area (Å²) in [4.78, 5) is 34.0. The third-order valence-corrected chi connectivity index (χ3v) is 2.82. The van der Waals surface area contributed by atoms with Crippen molar-refractivity contribution in [3.05, 3.63) is 35.9 Å². The molecule has 0 unspecified atom stereocenters. The zero-order valence-electron chi connectivity index (χ0n) is 13.7. The van der Waals surface area contributed by atoms with Crippen LogP contribution >= 0.6 is 0 Å². The molecule has 1 rings (SSSR count). The van der Waals surface area contributed by atoms with Crippen molar-refractivity contribution in [3.8, 4) is 0 Å². The third kappa shape index (κ3) is 11.9. The van der Waals surface area contributed by atoms with E-state index in [9.17, 15) is 14.4 Å². The molecule has 1 aromatic carbocycles. The monoisotopic (exact) mass is 392 g/mol. The first-order valence-electron chi connectivity index (χ1n) is 7.03. The van der Waals surface area contributed by atoms with Gasteiger partial charge in [-0.25, -0.2) is 4.79 Å². The normalized spacial score (nSPS) is 12.8. The number of esters is 1. The van der Waals surface area contributed by atoms with E-state index >= 15 is 0 Å². The first kappa shape index (κ1) is 23.5. The van der Waals surface area contributed by atoms with E-state index < -0.39 is 46.7 Å². The first-order valence-corrected chi connectivity index (χ1v) is 8.43. The molecule has 0 aliphatic rings. The Kier molecular flexibility index (Phi) is 10.1. The molecule has 0 radical (unpaired) electrons. The number of rotatable bonds is 7. The highest BCUT2D eigenvalue weighted by Crippen LogP contribution is 2.05. The van der Waals surface area contributed by atoms with E-state index in [2.05, 4.69) is 10.1 Å². The molecule has 0 fully saturated rings. The van der Waals surface area contributed by atoms with Gasteiger partial charge in [-0.15, -0.1) is 0 Å². The number of hydrogen-bond donors (Lipinski definition) is 5. The van der Waals surface area contributed by atoms with Crippen LogP contribution in [0.2, 0.25) is 0 Å². The van der Waals surface area contributed by atoms with Gasteiger partial charge in [-0.2, -0.15) is 8.42 Å². The Morgan fingerprint density at radius 2 is 1.69 bits per heavy atom. The third-order valence-electron chi connectivity index (χ3n) is 2.82. The van der Waals surface area contributed by atoms with E-state index in [4.69, 9.17) is 28.4 Å². The predicted octanol–water partition coefficient (Wildman–Crippen LogP) is -0.964. The second-order valence-electron chi connectivity index (χ2n) is 4.93. The molecule has 0 aromatic heterocycles. The smallest absolute Gasteiger partial charge is 0.394 e. The Balaban J connectivity index is 0.00000110. The van der Waals surface area contributed by atoms with Crippen molar-refractivity contribution in [2.24, 2.45) is 5.73 Å². The van der Waals surface area contributed by atoms with Gasteiger partial charge < -0.3 is 20.9 Å². The van der Waals surface area contributed by atoms with Crippen LogP contribution in [0, 0.1) is 0 Å². The average molecular weight is 392 g/mol. The molecule has 12 heteroatoms. The van der Waals surface area contributed by atoms with E-state index in [1.807, 2.05) is 18.2 Å². The van der Waals surface area contributed by atoms with Gasteiger partial charge in [0, 0.05) is 6.42 Å². The lowest BCUT2D eigenvalue weighted by Crippen LogP contribution is -2.50. The Bertz CT molecular complexity index is 698. The fourth-order valence-corrected chi connectivity index (χ4v) is 1.74. The highest BCUT2D eigenvalue weighted by molar-refractivity contribution is 7.79. The molecule has 1 amide bonds. The van der Waals surface area contributed by atoms with E-state index in [1.165, 1.54) is 7.11 Å². The number of nitrogens with two attached hydrogens (primary N) is 1. The van der Waals surface area contributed by atoms with Crippen LogP contribution in [0.1, 0.15) is 12.0 Å². The van der Waals surface area contributed by atoms with Gasteiger partial charge in [-0.1, -0.05) is 30.3 Å². The van der Waals surface area contributed by atoms with Crippen molar-refractivity contribution >= 4 is 28.2 Å². The minimum Gasteiger partial charge on any atom is -0.481 e. The number of amides is 1. The number of ether oxygens (including phenoxy) is 1. The SMILES string of the molecule is COC(=O)[C@H](Cc1ccccc1)NC(=O)[C@@H](N)CC(=O)O.O=S(=O)(O)O. The van der Waals surface area contributed by atoms with Gasteiger partial charge in [0.2, 0.25) is 5.91 Å². The maximum absolute atomic E-state index is 11.8. The topological polar surface area (TPSA) is 193 Å². The summed E-state index contributed by atoms with van der Waals surface area (Å²) in [5, 5.41) is 11.0. The Labute approximate surface area is 149 Å². The van der Waals surface area contributed by atoms with Crippen LogP contribution in [0.5, 0.6) is 0 Å². The largest absolute Gasteiger partial charge is 0.481 e. The van der Waals surface area contributed by atoms with Gasteiger partial charge in [0.05, 0.1) is 19.6 Å². The number of aliphatic carboxylic acids is 1. The standard InChI is InChI=1S/C14H18N2O5.H2O4S/c1-21-14(20)11(7-9-5-3-2-4-6-9)16-13(19)10(15)8-12(17)18;1-5(2,3)4/h2-6,10-11H,7-8,15H2,1H3,(H,16,19)(H,17,18);(H2,1,2,3,4)/t10-,11-;/m0./s1.